The Morgan fingerprint density at radius 3 is 2.52 bits per heavy atom. The number of rotatable bonds is 7. The Morgan fingerprint density at radius 2 is 1.97 bits per heavy atom. The number of hydrogen-bond donors (Lipinski definition) is 4. The molecule has 0 atom stereocenters. The number of ether oxygens (including phenoxy) is 1. The second-order valence-electron chi connectivity index (χ2n) is 9.03. The monoisotopic (exact) mass is 456 g/mol. The first-order valence-corrected chi connectivity index (χ1v) is 10.6. The van der Waals surface area contributed by atoms with Gasteiger partial charge >= 0.3 is 6.09 Å². The molecular weight excluding hydrogens is 427 g/mol. The van der Waals surface area contributed by atoms with Gasteiger partial charge in [-0.25, -0.2) is 9.18 Å². The fourth-order valence-electron chi connectivity index (χ4n) is 3.19. The maximum atomic E-state index is 14.7. The normalized spacial score (nSPS) is 14.9. The van der Waals surface area contributed by atoms with Crippen molar-refractivity contribution in [1.82, 2.24) is 15.6 Å². The second kappa shape index (κ2) is 9.48. The molecule has 1 aliphatic rings. The maximum Gasteiger partial charge on any atom is 0.408 e. The van der Waals surface area contributed by atoms with Crippen molar-refractivity contribution >= 4 is 17.7 Å². The van der Waals surface area contributed by atoms with E-state index in [2.05, 4.69) is 20.9 Å². The third kappa shape index (κ3) is 6.68. The van der Waals surface area contributed by atoms with Gasteiger partial charge < -0.3 is 25.8 Å². The van der Waals surface area contributed by atoms with Crippen LogP contribution in [0.2, 0.25) is 0 Å². The molecule has 0 spiro atoms. The molecule has 9 heteroatoms. The number of hydrogen-bond acceptors (Lipinski definition) is 6. The number of halogens is 1. The largest absolute Gasteiger partial charge is 0.509 e. The molecular formula is C24H29FN4O4. The van der Waals surface area contributed by atoms with E-state index in [-0.39, 0.29) is 18.2 Å². The number of benzene rings is 1. The summed E-state index contributed by atoms with van der Waals surface area (Å²) < 4.78 is 20.1. The lowest BCUT2D eigenvalue weighted by Gasteiger charge is -2.23. The van der Waals surface area contributed by atoms with Gasteiger partial charge in [0.05, 0.1) is 17.8 Å². The first kappa shape index (κ1) is 24.0. The molecule has 0 saturated heterocycles. The minimum Gasteiger partial charge on any atom is -0.509 e. The Balaban J connectivity index is 1.65. The number of aromatic nitrogens is 1. The highest BCUT2D eigenvalue weighted by atomic mass is 19.1. The Bertz CT molecular complexity index is 1060. The number of amides is 2. The van der Waals surface area contributed by atoms with E-state index >= 15 is 0 Å². The molecule has 4 N–H and O–H groups in total. The van der Waals surface area contributed by atoms with Crippen LogP contribution in [-0.4, -0.2) is 34.2 Å². The van der Waals surface area contributed by atoms with Gasteiger partial charge in [0.15, 0.2) is 0 Å². The zero-order valence-electron chi connectivity index (χ0n) is 19.2. The first-order valence-electron chi connectivity index (χ1n) is 10.6. The van der Waals surface area contributed by atoms with Crippen molar-refractivity contribution in [1.29, 1.82) is 0 Å². The van der Waals surface area contributed by atoms with Crippen molar-refractivity contribution in [3.05, 3.63) is 60.0 Å². The number of anilines is 1. The van der Waals surface area contributed by atoms with Crippen molar-refractivity contribution in [3.63, 3.8) is 0 Å². The minimum atomic E-state index is -0.587. The molecule has 1 heterocycles. The van der Waals surface area contributed by atoms with Gasteiger partial charge in [-0.15, -0.1) is 0 Å². The minimum absolute atomic E-state index is 0.0298. The van der Waals surface area contributed by atoms with Crippen LogP contribution in [0.1, 0.15) is 46.2 Å². The summed E-state index contributed by atoms with van der Waals surface area (Å²) in [5.74, 6) is -0.846. The smallest absolute Gasteiger partial charge is 0.408 e. The highest BCUT2D eigenvalue weighted by Gasteiger charge is 2.47. The lowest BCUT2D eigenvalue weighted by atomic mass is 10.0. The number of pyridine rings is 1. The van der Waals surface area contributed by atoms with Gasteiger partial charge in [-0.3, -0.25) is 9.78 Å². The molecule has 3 rings (SSSR count). The molecule has 1 aromatic heterocycles. The van der Waals surface area contributed by atoms with Gasteiger partial charge in [-0.2, -0.15) is 0 Å². The van der Waals surface area contributed by atoms with Gasteiger partial charge in [-0.05, 0) is 57.9 Å². The third-order valence-electron chi connectivity index (χ3n) is 4.94. The van der Waals surface area contributed by atoms with Gasteiger partial charge in [0.2, 0.25) is 5.91 Å². The van der Waals surface area contributed by atoms with Crippen LogP contribution in [0.25, 0.3) is 11.1 Å². The van der Waals surface area contributed by atoms with E-state index in [9.17, 15) is 19.1 Å². The number of carbonyl (C=O) groups excluding carboxylic acids is 2. The number of aliphatic hydroxyl groups excluding tert-OH is 1. The van der Waals surface area contributed by atoms with Gasteiger partial charge in [0.1, 0.15) is 17.2 Å². The highest BCUT2D eigenvalue weighted by Crippen LogP contribution is 2.45. The topological polar surface area (TPSA) is 113 Å². The molecule has 0 aliphatic heterocycles. The fourth-order valence-corrected chi connectivity index (χ4v) is 3.19. The highest BCUT2D eigenvalue weighted by molar-refractivity contribution is 5.74. The van der Waals surface area contributed by atoms with Crippen LogP contribution in [0.15, 0.2) is 48.5 Å². The Labute approximate surface area is 192 Å². The lowest BCUT2D eigenvalue weighted by Crippen LogP contribution is -2.39. The van der Waals surface area contributed by atoms with Gasteiger partial charge in [0, 0.05) is 36.1 Å². The number of aliphatic hydroxyl groups is 1. The van der Waals surface area contributed by atoms with Crippen LogP contribution < -0.4 is 16.0 Å². The van der Waals surface area contributed by atoms with E-state index in [1.54, 1.807) is 51.2 Å². The van der Waals surface area contributed by atoms with Crippen LogP contribution in [0, 0.1) is 5.82 Å². The quantitative estimate of drug-likeness (QED) is 0.461. The summed E-state index contributed by atoms with van der Waals surface area (Å²) in [6.07, 6.45) is 3.79. The summed E-state index contributed by atoms with van der Waals surface area (Å²) in [5, 5.41) is 17.9. The predicted molar refractivity (Wildman–Crippen MR) is 123 cm³/mol. The molecule has 33 heavy (non-hydrogen) atoms. The molecule has 1 saturated carbocycles. The molecule has 1 fully saturated rings. The van der Waals surface area contributed by atoms with Crippen LogP contribution >= 0.6 is 0 Å². The first-order chi connectivity index (χ1) is 15.5. The van der Waals surface area contributed by atoms with Crippen molar-refractivity contribution in [2.24, 2.45) is 0 Å². The number of nitrogens with zero attached hydrogens (tertiary/aromatic N) is 1. The van der Waals surface area contributed by atoms with Crippen LogP contribution in [0.5, 0.6) is 0 Å². The molecule has 0 radical (unpaired) electrons. The van der Waals surface area contributed by atoms with Crippen molar-refractivity contribution in [2.45, 2.75) is 51.7 Å². The van der Waals surface area contributed by atoms with Crippen molar-refractivity contribution < 1.29 is 23.8 Å². The third-order valence-corrected chi connectivity index (χ3v) is 4.94. The summed E-state index contributed by atoms with van der Waals surface area (Å²) in [5.41, 5.74) is 1.03. The van der Waals surface area contributed by atoms with E-state index in [4.69, 9.17) is 4.74 Å². The average Bonchev–Trinajstić information content (AvgIpc) is 3.50. The zero-order chi connectivity index (χ0) is 24.2. The maximum absolute atomic E-state index is 14.7. The molecule has 1 aromatic carbocycles. The van der Waals surface area contributed by atoms with E-state index in [1.807, 2.05) is 0 Å². The Morgan fingerprint density at radius 1 is 1.24 bits per heavy atom. The molecule has 1 aliphatic carbocycles. The van der Waals surface area contributed by atoms with Gasteiger partial charge in [0.25, 0.3) is 0 Å². The lowest BCUT2D eigenvalue weighted by molar-refractivity contribution is -0.118. The number of alkyl carbamates (subject to hydrolysis) is 1. The summed E-state index contributed by atoms with van der Waals surface area (Å²) in [4.78, 5) is 27.5. The molecule has 2 amide bonds. The Hall–Kier alpha value is -3.62. The van der Waals surface area contributed by atoms with Crippen LogP contribution in [0.3, 0.4) is 0 Å². The molecule has 2 aromatic rings. The summed E-state index contributed by atoms with van der Waals surface area (Å²) in [6, 6.07) is 8.18. The molecule has 176 valence electrons. The van der Waals surface area contributed by atoms with Crippen molar-refractivity contribution in [3.8, 4) is 11.1 Å². The Kier molecular flexibility index (Phi) is 6.90. The fraction of sp³-hybridized carbons (Fsp3) is 0.375. The standard InChI is InChI=1S/C24H29FN4O4/c1-15(30)26-13-18(31)14-27-17-6-7-19(20(25)11-17)16-5-8-21(28-12-16)24(9-10-24)29-22(32)33-23(2,3)4/h5-8,11-13,27,31H,9-10,14H2,1-4H3,(H,26,30)(H,29,32)/b18-13-. The number of carbonyl (C=O) groups is 2. The summed E-state index contributed by atoms with van der Waals surface area (Å²) >= 11 is 0. The SMILES string of the molecule is CC(=O)N/C=C(\O)CNc1ccc(-c2ccc(C3(NC(=O)OC(C)(C)C)CC3)nc2)c(F)c1. The van der Waals surface area contributed by atoms with Crippen LogP contribution in [0.4, 0.5) is 14.9 Å². The second-order valence-corrected chi connectivity index (χ2v) is 9.03. The van der Waals surface area contributed by atoms with E-state index in [1.165, 1.54) is 19.2 Å². The van der Waals surface area contributed by atoms with Crippen molar-refractivity contribution in [2.75, 3.05) is 11.9 Å². The van der Waals surface area contributed by atoms with E-state index in [0.29, 0.717) is 22.5 Å². The van der Waals surface area contributed by atoms with E-state index in [0.717, 1.165) is 12.8 Å². The molecule has 0 unspecified atom stereocenters. The summed E-state index contributed by atoms with van der Waals surface area (Å²) in [7, 11) is 0. The summed E-state index contributed by atoms with van der Waals surface area (Å²) in [6.45, 7) is 6.77. The predicted octanol–water partition coefficient (Wildman–Crippen LogP) is 4.35. The number of nitrogens with one attached hydrogen (secondary N) is 3. The van der Waals surface area contributed by atoms with Crippen LogP contribution in [-0.2, 0) is 15.1 Å². The zero-order valence-corrected chi connectivity index (χ0v) is 19.2. The molecule has 0 bridgehead atoms. The van der Waals surface area contributed by atoms with Gasteiger partial charge in [-0.1, -0.05) is 6.07 Å². The average molecular weight is 457 g/mol. The molecule has 8 nitrogen and oxygen atoms in total. The van der Waals surface area contributed by atoms with E-state index < -0.39 is 23.1 Å².